The van der Waals surface area contributed by atoms with Crippen molar-refractivity contribution in [2.45, 2.75) is 6.61 Å². The number of carbonyl (C=O) groups excluding carboxylic acids is 1. The maximum absolute atomic E-state index is 10.7. The number of ether oxygens (including phenoxy) is 1. The van der Waals surface area contributed by atoms with Gasteiger partial charge in [0.1, 0.15) is 12.4 Å². The van der Waals surface area contributed by atoms with Crippen molar-refractivity contribution in [3.05, 3.63) is 65.7 Å². The van der Waals surface area contributed by atoms with Crippen molar-refractivity contribution >= 4 is 6.29 Å². The number of benzene rings is 2. The zero-order valence-corrected chi connectivity index (χ0v) is 8.72. The third kappa shape index (κ3) is 2.48. The summed E-state index contributed by atoms with van der Waals surface area (Å²) in [6.45, 7) is 0.384. The molecule has 79 valence electrons. The van der Waals surface area contributed by atoms with E-state index in [0.717, 1.165) is 11.3 Å². The molecule has 0 atom stereocenters. The Kier molecular flexibility index (Phi) is 3.34. The summed E-state index contributed by atoms with van der Waals surface area (Å²) in [4.78, 5) is 10.7. The maximum atomic E-state index is 10.7. The summed E-state index contributed by atoms with van der Waals surface area (Å²) in [7, 11) is 0. The first-order valence-electron chi connectivity index (χ1n) is 5.04. The molecular weight excluding hydrogens is 200 g/mol. The Morgan fingerprint density at radius 1 is 0.938 bits per heavy atom. The highest BCUT2D eigenvalue weighted by atomic mass is 16.5. The summed E-state index contributed by atoms with van der Waals surface area (Å²) in [5, 5.41) is 0. The maximum Gasteiger partial charge on any atom is 0.233 e. The van der Waals surface area contributed by atoms with E-state index in [4.69, 9.17) is 4.74 Å². The highest BCUT2D eigenvalue weighted by molar-refractivity contribution is 5.77. The molecule has 0 saturated carbocycles. The van der Waals surface area contributed by atoms with Crippen molar-refractivity contribution in [2.24, 2.45) is 0 Å². The molecule has 1 radical (unpaired) electrons. The Hall–Kier alpha value is -2.09. The summed E-state index contributed by atoms with van der Waals surface area (Å²) in [5.41, 5.74) is 1.40. The van der Waals surface area contributed by atoms with Crippen LogP contribution in [0.5, 0.6) is 5.75 Å². The van der Waals surface area contributed by atoms with Gasteiger partial charge in [0, 0.05) is 11.1 Å². The minimum absolute atomic E-state index is 0.384. The van der Waals surface area contributed by atoms with Crippen LogP contribution in [0.3, 0.4) is 0 Å². The average Bonchev–Trinajstić information content (AvgIpc) is 2.38. The van der Waals surface area contributed by atoms with Crippen molar-refractivity contribution < 1.29 is 9.53 Å². The van der Waals surface area contributed by atoms with Gasteiger partial charge in [-0.05, 0) is 12.1 Å². The first-order chi connectivity index (χ1) is 7.90. The quantitative estimate of drug-likeness (QED) is 0.777. The molecule has 0 aliphatic rings. The second kappa shape index (κ2) is 5.12. The van der Waals surface area contributed by atoms with Crippen LogP contribution in [0.25, 0.3) is 0 Å². The van der Waals surface area contributed by atoms with Crippen molar-refractivity contribution in [3.63, 3.8) is 0 Å². The molecule has 0 unspecified atom stereocenters. The van der Waals surface area contributed by atoms with Crippen molar-refractivity contribution in [1.82, 2.24) is 0 Å². The van der Waals surface area contributed by atoms with Gasteiger partial charge >= 0.3 is 0 Å². The molecule has 0 heterocycles. The number of hydrogen-bond acceptors (Lipinski definition) is 2. The summed E-state index contributed by atoms with van der Waals surface area (Å²) in [5.74, 6) is 0.795. The number of para-hydroxylation sites is 1. The van der Waals surface area contributed by atoms with Crippen LogP contribution >= 0.6 is 0 Å². The molecular formula is C14H11O2. The van der Waals surface area contributed by atoms with Crippen molar-refractivity contribution in [2.75, 3.05) is 0 Å². The third-order valence-corrected chi connectivity index (χ3v) is 2.26. The molecule has 2 rings (SSSR count). The molecule has 0 aliphatic heterocycles. The predicted octanol–water partition coefficient (Wildman–Crippen LogP) is 2.72. The lowest BCUT2D eigenvalue weighted by molar-refractivity contribution is 0.306. The summed E-state index contributed by atoms with van der Waals surface area (Å²) in [6, 6.07) is 16.8. The molecule has 2 aromatic carbocycles. The van der Waals surface area contributed by atoms with E-state index in [9.17, 15) is 4.79 Å². The minimum atomic E-state index is 0.384. The lowest BCUT2D eigenvalue weighted by Gasteiger charge is -2.07. The van der Waals surface area contributed by atoms with E-state index in [1.807, 2.05) is 54.8 Å². The lowest BCUT2D eigenvalue weighted by atomic mass is 10.1. The standard InChI is InChI=1S/C14H11O2/c15-10-12-6-4-5-7-13(12)11-16-14-8-2-1-3-9-14/h1-9H,11H2. The first kappa shape index (κ1) is 10.4. The first-order valence-corrected chi connectivity index (χ1v) is 5.04. The SMILES string of the molecule is O=[C]c1ccccc1COc1ccccc1. The minimum Gasteiger partial charge on any atom is -0.489 e. The topological polar surface area (TPSA) is 26.3 Å². The van der Waals surface area contributed by atoms with E-state index in [1.165, 1.54) is 0 Å². The zero-order valence-electron chi connectivity index (χ0n) is 8.72. The molecule has 0 fully saturated rings. The highest BCUT2D eigenvalue weighted by Crippen LogP contribution is 2.13. The van der Waals surface area contributed by atoms with Gasteiger partial charge in [-0.2, -0.15) is 0 Å². The summed E-state index contributed by atoms with van der Waals surface area (Å²) in [6.07, 6.45) is 1.90. The Balaban J connectivity index is 2.08. The third-order valence-electron chi connectivity index (χ3n) is 2.26. The molecule has 2 aromatic rings. The Morgan fingerprint density at radius 3 is 2.38 bits per heavy atom. The van der Waals surface area contributed by atoms with Gasteiger partial charge in [0.25, 0.3) is 0 Å². The van der Waals surface area contributed by atoms with E-state index in [0.29, 0.717) is 12.2 Å². The van der Waals surface area contributed by atoms with Crippen LogP contribution in [-0.2, 0) is 11.4 Å². The molecule has 0 aliphatic carbocycles. The molecule has 0 amide bonds. The molecule has 0 spiro atoms. The molecule has 0 bridgehead atoms. The van der Waals surface area contributed by atoms with Crippen LogP contribution in [0, 0.1) is 0 Å². The van der Waals surface area contributed by atoms with E-state index >= 15 is 0 Å². The van der Waals surface area contributed by atoms with Gasteiger partial charge in [0.2, 0.25) is 6.29 Å². The summed E-state index contributed by atoms with van der Waals surface area (Å²) >= 11 is 0. The van der Waals surface area contributed by atoms with Gasteiger partial charge < -0.3 is 4.74 Å². The second-order valence-corrected chi connectivity index (χ2v) is 3.36. The van der Waals surface area contributed by atoms with Crippen LogP contribution in [0.1, 0.15) is 11.1 Å². The van der Waals surface area contributed by atoms with Gasteiger partial charge in [-0.25, -0.2) is 0 Å². The Labute approximate surface area is 94.5 Å². The van der Waals surface area contributed by atoms with Crippen LogP contribution in [0.4, 0.5) is 0 Å². The van der Waals surface area contributed by atoms with E-state index in [1.54, 1.807) is 6.07 Å². The second-order valence-electron chi connectivity index (χ2n) is 3.36. The largest absolute Gasteiger partial charge is 0.489 e. The lowest BCUT2D eigenvalue weighted by Crippen LogP contribution is -1.99. The normalized spacial score (nSPS) is 9.75. The predicted molar refractivity (Wildman–Crippen MR) is 62.0 cm³/mol. The van der Waals surface area contributed by atoms with Crippen LogP contribution < -0.4 is 4.74 Å². The van der Waals surface area contributed by atoms with Gasteiger partial charge in [-0.3, -0.25) is 4.79 Å². The van der Waals surface area contributed by atoms with E-state index in [2.05, 4.69) is 0 Å². The number of hydrogen-bond donors (Lipinski definition) is 0. The van der Waals surface area contributed by atoms with E-state index < -0.39 is 0 Å². The molecule has 0 N–H and O–H groups in total. The summed E-state index contributed by atoms with van der Waals surface area (Å²) < 4.78 is 5.56. The molecule has 0 saturated heterocycles. The average molecular weight is 211 g/mol. The Bertz CT molecular complexity index is 463. The molecule has 16 heavy (non-hydrogen) atoms. The van der Waals surface area contributed by atoms with Crippen LogP contribution in [-0.4, -0.2) is 6.29 Å². The zero-order chi connectivity index (χ0) is 11.2. The van der Waals surface area contributed by atoms with Crippen LogP contribution in [0.2, 0.25) is 0 Å². The van der Waals surface area contributed by atoms with Gasteiger partial charge in [0.05, 0.1) is 0 Å². The number of rotatable bonds is 4. The fourth-order valence-electron chi connectivity index (χ4n) is 1.42. The monoisotopic (exact) mass is 211 g/mol. The Morgan fingerprint density at radius 2 is 1.62 bits per heavy atom. The van der Waals surface area contributed by atoms with Gasteiger partial charge in [0.15, 0.2) is 0 Å². The molecule has 2 heteroatoms. The molecule has 0 aromatic heterocycles. The van der Waals surface area contributed by atoms with Crippen LogP contribution in [0.15, 0.2) is 54.6 Å². The van der Waals surface area contributed by atoms with Crippen molar-refractivity contribution in [1.29, 1.82) is 0 Å². The highest BCUT2D eigenvalue weighted by Gasteiger charge is 2.01. The fraction of sp³-hybridized carbons (Fsp3) is 0.0714. The van der Waals surface area contributed by atoms with Gasteiger partial charge in [-0.15, -0.1) is 0 Å². The van der Waals surface area contributed by atoms with Gasteiger partial charge in [-0.1, -0.05) is 42.5 Å². The fourth-order valence-corrected chi connectivity index (χ4v) is 1.42. The van der Waals surface area contributed by atoms with Crippen molar-refractivity contribution in [3.8, 4) is 5.75 Å². The van der Waals surface area contributed by atoms with E-state index in [-0.39, 0.29) is 0 Å². The molecule has 2 nitrogen and oxygen atoms in total. The smallest absolute Gasteiger partial charge is 0.233 e.